The minimum atomic E-state index is -0.534. The van der Waals surface area contributed by atoms with Crippen LogP contribution in [0.3, 0.4) is 0 Å². The third-order valence-electron chi connectivity index (χ3n) is 5.45. The molecular weight excluding hydrogens is 316 g/mol. The number of amides is 1. The van der Waals surface area contributed by atoms with Crippen LogP contribution in [0, 0.1) is 11.8 Å². The van der Waals surface area contributed by atoms with Crippen molar-refractivity contribution >= 4 is 5.91 Å². The average molecular weight is 346 g/mol. The molecule has 1 saturated heterocycles. The molecule has 25 heavy (non-hydrogen) atoms. The van der Waals surface area contributed by atoms with Gasteiger partial charge in [-0.15, -0.1) is 0 Å². The van der Waals surface area contributed by atoms with E-state index in [4.69, 9.17) is 4.74 Å². The Morgan fingerprint density at radius 2 is 1.92 bits per heavy atom. The normalized spacial score (nSPS) is 27.6. The number of aliphatic hydroxyl groups excluding tert-OH is 1. The molecular formula is C20H30N2O3. The second-order valence-corrected chi connectivity index (χ2v) is 7.35. The van der Waals surface area contributed by atoms with Gasteiger partial charge in [-0.3, -0.25) is 4.79 Å². The average Bonchev–Trinajstić information content (AvgIpc) is 2.64. The Morgan fingerprint density at radius 3 is 2.68 bits per heavy atom. The third-order valence-corrected chi connectivity index (χ3v) is 5.45. The first kappa shape index (κ1) is 18.2. The van der Waals surface area contributed by atoms with Crippen LogP contribution in [0.15, 0.2) is 30.3 Å². The van der Waals surface area contributed by atoms with E-state index in [1.807, 2.05) is 30.3 Å². The highest BCUT2D eigenvalue weighted by Crippen LogP contribution is 2.28. The maximum Gasteiger partial charge on any atom is 0.220 e. The number of piperidine rings is 1. The van der Waals surface area contributed by atoms with Crippen LogP contribution in [-0.2, 0) is 4.79 Å². The lowest BCUT2D eigenvalue weighted by molar-refractivity contribution is -0.123. The van der Waals surface area contributed by atoms with Gasteiger partial charge in [0.1, 0.15) is 11.9 Å². The lowest BCUT2D eigenvalue weighted by Gasteiger charge is -2.35. The topological polar surface area (TPSA) is 70.6 Å². The number of carbonyl (C=O) groups excluding carboxylic acids is 1. The summed E-state index contributed by atoms with van der Waals surface area (Å²) >= 11 is 0. The number of hydrogen-bond donors (Lipinski definition) is 3. The number of para-hydroxylation sites is 1. The molecule has 0 bridgehead atoms. The van der Waals surface area contributed by atoms with Gasteiger partial charge in [0.05, 0.1) is 6.10 Å². The van der Waals surface area contributed by atoms with Crippen LogP contribution in [0.25, 0.3) is 0 Å². The summed E-state index contributed by atoms with van der Waals surface area (Å²) in [5.41, 5.74) is 0. The summed E-state index contributed by atoms with van der Waals surface area (Å²) in [6.45, 7) is 2.56. The van der Waals surface area contributed by atoms with Crippen LogP contribution in [-0.4, -0.2) is 42.9 Å². The van der Waals surface area contributed by atoms with Crippen LogP contribution in [0.5, 0.6) is 5.75 Å². The van der Waals surface area contributed by atoms with Crippen molar-refractivity contribution in [2.45, 2.75) is 50.7 Å². The fourth-order valence-electron chi connectivity index (χ4n) is 3.92. The minimum Gasteiger partial charge on any atom is -0.488 e. The van der Waals surface area contributed by atoms with E-state index < -0.39 is 6.10 Å². The number of ether oxygens (including phenoxy) is 1. The molecule has 3 atom stereocenters. The van der Waals surface area contributed by atoms with Crippen molar-refractivity contribution in [2.24, 2.45) is 11.8 Å². The molecule has 3 N–H and O–H groups in total. The molecule has 0 radical (unpaired) electrons. The molecule has 1 saturated carbocycles. The van der Waals surface area contributed by atoms with E-state index in [-0.39, 0.29) is 17.9 Å². The highest BCUT2D eigenvalue weighted by Gasteiger charge is 2.33. The van der Waals surface area contributed by atoms with Gasteiger partial charge in [-0.1, -0.05) is 18.2 Å². The molecule has 5 heteroatoms. The predicted molar refractivity (Wildman–Crippen MR) is 97.4 cm³/mol. The van der Waals surface area contributed by atoms with Crippen LogP contribution < -0.4 is 15.4 Å². The molecule has 0 aromatic heterocycles. The van der Waals surface area contributed by atoms with Crippen molar-refractivity contribution in [3.63, 3.8) is 0 Å². The Bertz CT molecular complexity index is 531. The smallest absolute Gasteiger partial charge is 0.220 e. The predicted octanol–water partition coefficient (Wildman–Crippen LogP) is 2.10. The zero-order chi connectivity index (χ0) is 17.5. The van der Waals surface area contributed by atoms with Gasteiger partial charge in [-0.25, -0.2) is 0 Å². The summed E-state index contributed by atoms with van der Waals surface area (Å²) in [4.78, 5) is 12.2. The number of hydrogen-bond acceptors (Lipinski definition) is 4. The Morgan fingerprint density at radius 1 is 1.16 bits per heavy atom. The lowest BCUT2D eigenvalue weighted by atomic mass is 9.84. The minimum absolute atomic E-state index is 0.0689. The summed E-state index contributed by atoms with van der Waals surface area (Å²) in [6, 6.07) is 9.64. The summed E-state index contributed by atoms with van der Waals surface area (Å²) < 4.78 is 5.96. The lowest BCUT2D eigenvalue weighted by Crippen LogP contribution is -2.46. The van der Waals surface area contributed by atoms with E-state index in [1.54, 1.807) is 0 Å². The molecule has 0 unspecified atom stereocenters. The first-order chi connectivity index (χ1) is 12.2. The largest absolute Gasteiger partial charge is 0.488 e. The molecule has 1 heterocycles. The number of aliphatic hydroxyl groups is 1. The maximum atomic E-state index is 12.2. The molecule has 1 aliphatic carbocycles. The highest BCUT2D eigenvalue weighted by molar-refractivity contribution is 5.76. The molecule has 1 aromatic rings. The third kappa shape index (κ3) is 5.44. The number of benzene rings is 1. The maximum absolute atomic E-state index is 12.2. The van der Waals surface area contributed by atoms with Crippen LogP contribution in [0.1, 0.15) is 38.5 Å². The van der Waals surface area contributed by atoms with Gasteiger partial charge in [0.25, 0.3) is 0 Å². The van der Waals surface area contributed by atoms with Gasteiger partial charge in [-0.05, 0) is 63.2 Å². The summed E-state index contributed by atoms with van der Waals surface area (Å²) in [6.07, 6.45) is 4.84. The van der Waals surface area contributed by atoms with Crippen LogP contribution in [0.4, 0.5) is 0 Å². The van der Waals surface area contributed by atoms with Crippen molar-refractivity contribution in [3.8, 4) is 5.75 Å². The van der Waals surface area contributed by atoms with Crippen LogP contribution >= 0.6 is 0 Å². The fraction of sp³-hybridized carbons (Fsp3) is 0.650. The zero-order valence-electron chi connectivity index (χ0n) is 14.8. The van der Waals surface area contributed by atoms with E-state index >= 15 is 0 Å². The summed E-state index contributed by atoms with van der Waals surface area (Å²) in [5, 5.41) is 17.0. The Hall–Kier alpha value is -1.59. The molecule has 2 fully saturated rings. The summed E-state index contributed by atoms with van der Waals surface area (Å²) in [7, 11) is 0. The fourth-order valence-corrected chi connectivity index (χ4v) is 3.92. The highest BCUT2D eigenvalue weighted by atomic mass is 16.5. The number of nitrogens with one attached hydrogen (secondary N) is 2. The van der Waals surface area contributed by atoms with Crippen molar-refractivity contribution in [1.29, 1.82) is 0 Å². The van der Waals surface area contributed by atoms with Gasteiger partial charge >= 0.3 is 0 Å². The Kier molecular flexibility index (Phi) is 6.70. The van der Waals surface area contributed by atoms with Gasteiger partial charge < -0.3 is 20.5 Å². The molecule has 0 spiro atoms. The first-order valence-electron chi connectivity index (χ1n) is 9.59. The quantitative estimate of drug-likeness (QED) is 0.738. The first-order valence-corrected chi connectivity index (χ1v) is 9.59. The Balaban J connectivity index is 1.44. The number of rotatable bonds is 6. The SMILES string of the molecule is O=C(CC1CCNCC1)NC[C@H]1CCC[C@@H](Oc2ccccc2)[C@@H]1O. The second-order valence-electron chi connectivity index (χ2n) is 7.35. The van der Waals surface area contributed by atoms with E-state index in [0.717, 1.165) is 50.9 Å². The molecule has 5 nitrogen and oxygen atoms in total. The molecule has 3 rings (SSSR count). The van der Waals surface area contributed by atoms with Crippen molar-refractivity contribution in [1.82, 2.24) is 10.6 Å². The monoisotopic (exact) mass is 346 g/mol. The Labute approximate surface area is 150 Å². The second kappa shape index (κ2) is 9.20. The van der Waals surface area contributed by atoms with Gasteiger partial charge in [-0.2, -0.15) is 0 Å². The van der Waals surface area contributed by atoms with Gasteiger partial charge in [0.2, 0.25) is 5.91 Å². The van der Waals surface area contributed by atoms with Crippen molar-refractivity contribution < 1.29 is 14.6 Å². The molecule has 1 aliphatic heterocycles. The van der Waals surface area contributed by atoms with Gasteiger partial charge in [0.15, 0.2) is 0 Å². The summed E-state index contributed by atoms with van der Waals surface area (Å²) in [5.74, 6) is 1.47. The van der Waals surface area contributed by atoms with E-state index in [0.29, 0.717) is 18.9 Å². The molecule has 138 valence electrons. The van der Waals surface area contributed by atoms with Crippen LogP contribution in [0.2, 0.25) is 0 Å². The van der Waals surface area contributed by atoms with E-state index in [9.17, 15) is 9.90 Å². The zero-order valence-corrected chi connectivity index (χ0v) is 14.8. The molecule has 1 aromatic carbocycles. The standard InChI is InChI=1S/C20H30N2O3/c23-19(13-15-9-11-21-12-10-15)22-14-16-5-4-8-18(20(16)24)25-17-6-2-1-3-7-17/h1-3,6-7,15-16,18,20-21,24H,4-5,8-14H2,(H,22,23)/t16-,18-,20-/m1/s1. The molecule has 1 amide bonds. The number of carbonyl (C=O) groups is 1. The molecule has 2 aliphatic rings. The van der Waals surface area contributed by atoms with Crippen molar-refractivity contribution in [3.05, 3.63) is 30.3 Å². The van der Waals surface area contributed by atoms with E-state index in [2.05, 4.69) is 10.6 Å². The van der Waals surface area contributed by atoms with Gasteiger partial charge in [0, 0.05) is 18.9 Å². The van der Waals surface area contributed by atoms with Crippen molar-refractivity contribution in [2.75, 3.05) is 19.6 Å². The van der Waals surface area contributed by atoms with E-state index in [1.165, 1.54) is 0 Å².